The third-order valence-electron chi connectivity index (χ3n) is 3.15. The van der Waals surface area contributed by atoms with Gasteiger partial charge in [0.15, 0.2) is 5.69 Å². The minimum Gasteiger partial charge on any atom is -0.508 e. The van der Waals surface area contributed by atoms with Crippen LogP contribution in [0.25, 0.3) is 5.52 Å². The van der Waals surface area contributed by atoms with Gasteiger partial charge in [0.2, 0.25) is 0 Å². The van der Waals surface area contributed by atoms with Gasteiger partial charge >= 0.3 is 5.97 Å². The van der Waals surface area contributed by atoms with Gasteiger partial charge in [-0.05, 0) is 18.2 Å². The molecule has 94 valence electrons. The second-order valence-electron chi connectivity index (χ2n) is 4.32. The molecule has 0 radical (unpaired) electrons. The van der Waals surface area contributed by atoms with Crippen molar-refractivity contribution in [3.05, 3.63) is 29.8 Å². The van der Waals surface area contributed by atoms with Crippen molar-refractivity contribution in [3.63, 3.8) is 0 Å². The van der Waals surface area contributed by atoms with Crippen molar-refractivity contribution >= 4 is 23.2 Å². The minimum absolute atomic E-state index is 0.0119. The molecule has 1 aliphatic rings. The predicted octanol–water partition coefficient (Wildman–Crippen LogP) is 1.96. The van der Waals surface area contributed by atoms with Crippen molar-refractivity contribution in [2.24, 2.45) is 0 Å². The van der Waals surface area contributed by atoms with Crippen LogP contribution in [0.15, 0.2) is 18.3 Å². The lowest BCUT2D eigenvalue weighted by Gasteiger charge is -2.06. The van der Waals surface area contributed by atoms with E-state index in [1.807, 2.05) is 11.8 Å². The fourth-order valence-corrected chi connectivity index (χ4v) is 3.50. The molecule has 0 spiro atoms. The SMILES string of the molecule is O=C(O)c1nc(C2CCSC2)n2ccc(O)cc12. The van der Waals surface area contributed by atoms with Crippen LogP contribution in [0.3, 0.4) is 0 Å². The van der Waals surface area contributed by atoms with E-state index in [2.05, 4.69) is 4.98 Å². The first-order valence-electron chi connectivity index (χ1n) is 5.69. The Morgan fingerprint density at radius 2 is 2.39 bits per heavy atom. The highest BCUT2D eigenvalue weighted by Gasteiger charge is 2.25. The maximum Gasteiger partial charge on any atom is 0.356 e. The lowest BCUT2D eigenvalue weighted by molar-refractivity contribution is 0.0693. The summed E-state index contributed by atoms with van der Waals surface area (Å²) < 4.78 is 1.78. The number of fused-ring (bicyclic) bond motifs is 1. The monoisotopic (exact) mass is 264 g/mol. The molecule has 5 nitrogen and oxygen atoms in total. The summed E-state index contributed by atoms with van der Waals surface area (Å²) in [5, 5.41) is 18.6. The highest BCUT2D eigenvalue weighted by Crippen LogP contribution is 2.33. The first-order valence-corrected chi connectivity index (χ1v) is 6.84. The van der Waals surface area contributed by atoms with Gasteiger partial charge in [0.05, 0.1) is 5.52 Å². The van der Waals surface area contributed by atoms with Crippen LogP contribution in [-0.2, 0) is 0 Å². The molecule has 0 aromatic carbocycles. The second-order valence-corrected chi connectivity index (χ2v) is 5.47. The van der Waals surface area contributed by atoms with Gasteiger partial charge in [-0.2, -0.15) is 11.8 Å². The van der Waals surface area contributed by atoms with Gasteiger partial charge in [0, 0.05) is 23.9 Å². The van der Waals surface area contributed by atoms with E-state index in [1.54, 1.807) is 16.7 Å². The Kier molecular flexibility index (Phi) is 2.66. The largest absolute Gasteiger partial charge is 0.508 e. The number of carboxylic acids is 1. The Morgan fingerprint density at radius 3 is 3.06 bits per heavy atom. The summed E-state index contributed by atoms with van der Waals surface area (Å²) >= 11 is 1.86. The van der Waals surface area contributed by atoms with Gasteiger partial charge in [-0.1, -0.05) is 0 Å². The molecule has 1 fully saturated rings. The van der Waals surface area contributed by atoms with E-state index in [9.17, 15) is 9.90 Å². The van der Waals surface area contributed by atoms with Gasteiger partial charge < -0.3 is 14.6 Å². The molecule has 0 bridgehead atoms. The van der Waals surface area contributed by atoms with E-state index < -0.39 is 5.97 Å². The van der Waals surface area contributed by atoms with E-state index in [-0.39, 0.29) is 11.4 Å². The molecule has 2 aromatic heterocycles. The van der Waals surface area contributed by atoms with Crippen molar-refractivity contribution < 1.29 is 15.0 Å². The van der Waals surface area contributed by atoms with Crippen molar-refractivity contribution in [2.75, 3.05) is 11.5 Å². The zero-order valence-electron chi connectivity index (χ0n) is 9.54. The number of carbonyl (C=O) groups is 1. The van der Waals surface area contributed by atoms with Gasteiger partial charge in [-0.3, -0.25) is 0 Å². The second kappa shape index (κ2) is 4.20. The maximum atomic E-state index is 11.2. The fraction of sp³-hybridized carbons (Fsp3) is 0.333. The summed E-state index contributed by atoms with van der Waals surface area (Å²) in [5.74, 6) is 2.12. The molecule has 0 amide bonds. The Bertz CT molecular complexity index is 617. The zero-order chi connectivity index (χ0) is 12.7. The van der Waals surface area contributed by atoms with E-state index in [4.69, 9.17) is 5.11 Å². The maximum absolute atomic E-state index is 11.2. The van der Waals surface area contributed by atoms with Crippen LogP contribution in [0.1, 0.15) is 28.7 Å². The summed E-state index contributed by atoms with van der Waals surface area (Å²) in [4.78, 5) is 15.4. The number of rotatable bonds is 2. The number of thioether (sulfide) groups is 1. The summed E-state index contributed by atoms with van der Waals surface area (Å²) in [6.45, 7) is 0. The summed E-state index contributed by atoms with van der Waals surface area (Å²) in [7, 11) is 0. The predicted molar refractivity (Wildman–Crippen MR) is 68.5 cm³/mol. The normalized spacial score (nSPS) is 19.4. The summed E-state index contributed by atoms with van der Waals surface area (Å²) in [6.07, 6.45) is 2.70. The lowest BCUT2D eigenvalue weighted by Crippen LogP contribution is -2.03. The molecule has 1 saturated heterocycles. The number of carboxylic acid groups (broad SMARTS) is 1. The number of pyridine rings is 1. The Morgan fingerprint density at radius 1 is 1.56 bits per heavy atom. The Labute approximate surface area is 107 Å². The molecule has 0 saturated carbocycles. The summed E-state index contributed by atoms with van der Waals surface area (Å²) in [5.41, 5.74) is 0.465. The van der Waals surface area contributed by atoms with Crippen LogP contribution in [0.4, 0.5) is 0 Å². The highest BCUT2D eigenvalue weighted by atomic mass is 32.2. The van der Waals surface area contributed by atoms with E-state index >= 15 is 0 Å². The molecule has 2 N–H and O–H groups in total. The first kappa shape index (κ1) is 11.4. The topological polar surface area (TPSA) is 74.8 Å². The highest BCUT2D eigenvalue weighted by molar-refractivity contribution is 7.99. The molecule has 3 heterocycles. The Hall–Kier alpha value is -1.69. The fourth-order valence-electron chi connectivity index (χ4n) is 2.28. The van der Waals surface area contributed by atoms with E-state index in [1.165, 1.54) is 6.07 Å². The molecule has 3 rings (SSSR count). The number of imidazole rings is 1. The first-order chi connectivity index (χ1) is 8.66. The molecule has 1 aliphatic heterocycles. The number of aromatic nitrogens is 2. The van der Waals surface area contributed by atoms with Gasteiger partial charge in [-0.25, -0.2) is 9.78 Å². The Balaban J connectivity index is 2.22. The molecule has 1 unspecified atom stereocenters. The number of nitrogens with zero attached hydrogens (tertiary/aromatic N) is 2. The zero-order valence-corrected chi connectivity index (χ0v) is 10.4. The average Bonchev–Trinajstić information content (AvgIpc) is 2.93. The quantitative estimate of drug-likeness (QED) is 0.867. The minimum atomic E-state index is -1.06. The molecule has 6 heteroatoms. The standard InChI is InChI=1S/C12H12N2O3S/c15-8-1-3-14-9(5-8)10(12(16)17)13-11(14)7-2-4-18-6-7/h1,3,5,7,15H,2,4,6H2,(H,16,17). The summed E-state index contributed by atoms with van der Waals surface area (Å²) in [6, 6.07) is 2.99. The van der Waals surface area contributed by atoms with Crippen LogP contribution < -0.4 is 0 Å². The molecule has 1 atom stereocenters. The molecule has 2 aromatic rings. The number of aromatic hydroxyl groups is 1. The van der Waals surface area contributed by atoms with E-state index in [0.29, 0.717) is 11.4 Å². The molecule has 0 aliphatic carbocycles. The van der Waals surface area contributed by atoms with Crippen molar-refractivity contribution in [2.45, 2.75) is 12.3 Å². The van der Waals surface area contributed by atoms with Crippen LogP contribution in [0, 0.1) is 0 Å². The third kappa shape index (κ3) is 1.73. The average molecular weight is 264 g/mol. The number of hydrogen-bond donors (Lipinski definition) is 2. The lowest BCUT2D eigenvalue weighted by atomic mass is 10.1. The number of hydrogen-bond acceptors (Lipinski definition) is 4. The van der Waals surface area contributed by atoms with Crippen LogP contribution >= 0.6 is 11.8 Å². The molecular weight excluding hydrogens is 252 g/mol. The van der Waals surface area contributed by atoms with Crippen LogP contribution in [0.5, 0.6) is 5.75 Å². The van der Waals surface area contributed by atoms with Crippen LogP contribution in [0.2, 0.25) is 0 Å². The van der Waals surface area contributed by atoms with E-state index in [0.717, 1.165) is 23.8 Å². The van der Waals surface area contributed by atoms with Crippen LogP contribution in [-0.4, -0.2) is 37.1 Å². The van der Waals surface area contributed by atoms with Gasteiger partial charge in [-0.15, -0.1) is 0 Å². The van der Waals surface area contributed by atoms with Crippen molar-refractivity contribution in [3.8, 4) is 5.75 Å². The molecule has 18 heavy (non-hydrogen) atoms. The third-order valence-corrected chi connectivity index (χ3v) is 4.31. The number of aromatic carboxylic acids is 1. The molecular formula is C12H12N2O3S. The smallest absolute Gasteiger partial charge is 0.356 e. The van der Waals surface area contributed by atoms with Gasteiger partial charge in [0.1, 0.15) is 11.6 Å². The van der Waals surface area contributed by atoms with Crippen molar-refractivity contribution in [1.82, 2.24) is 9.38 Å². The van der Waals surface area contributed by atoms with Gasteiger partial charge in [0.25, 0.3) is 0 Å². The van der Waals surface area contributed by atoms with Crippen molar-refractivity contribution in [1.29, 1.82) is 0 Å².